The van der Waals surface area contributed by atoms with Gasteiger partial charge in [-0.1, -0.05) is 83.1 Å². The van der Waals surface area contributed by atoms with Gasteiger partial charge in [-0.25, -0.2) is 28.9 Å². The Labute approximate surface area is 568 Å². The Kier molecular flexibility index (Phi) is 88.3. The van der Waals surface area contributed by atoms with Crippen molar-refractivity contribution in [2.75, 3.05) is 41.0 Å². The summed E-state index contributed by atoms with van der Waals surface area (Å²) in [6.07, 6.45) is 28.4. The molecule has 0 aromatic carbocycles. The number of aromatic amines is 4. The molecule has 4 aromatic heterocycles. The number of hydrogen-bond donors (Lipinski definition) is 7. The van der Waals surface area contributed by atoms with Crippen LogP contribution < -0.4 is 57.1 Å². The summed E-state index contributed by atoms with van der Waals surface area (Å²) in [6, 6.07) is -0.431. The second-order valence-electron chi connectivity index (χ2n) is 14.9. The van der Waals surface area contributed by atoms with Gasteiger partial charge in [0.15, 0.2) is 11.6 Å². The van der Waals surface area contributed by atoms with E-state index in [1.807, 2.05) is 20.8 Å². The molecule has 0 saturated carbocycles. The third-order valence-corrected chi connectivity index (χ3v) is 9.40. The summed E-state index contributed by atoms with van der Waals surface area (Å²) in [4.78, 5) is 105. The summed E-state index contributed by atoms with van der Waals surface area (Å²) in [6.45, 7) is 16.0. The normalized spacial score (nSPS) is 10.6. The van der Waals surface area contributed by atoms with Crippen molar-refractivity contribution < 1.29 is 120 Å². The van der Waals surface area contributed by atoms with E-state index in [4.69, 9.17) is 33.1 Å². The smallest absolute Gasteiger partial charge is 0.870 e. The zero-order valence-corrected chi connectivity index (χ0v) is 54.8. The van der Waals surface area contributed by atoms with Crippen molar-refractivity contribution >= 4 is 132 Å². The largest absolute Gasteiger partial charge is 1.00 e. The number of carbonyl (C=O) groups is 7. The molecule has 0 aliphatic heterocycles. The molecule has 0 aliphatic carbocycles. The van der Waals surface area contributed by atoms with Crippen LogP contribution in [0.3, 0.4) is 0 Å². The van der Waals surface area contributed by atoms with Crippen molar-refractivity contribution in [3.8, 4) is 0 Å². The van der Waals surface area contributed by atoms with Gasteiger partial charge in [0.2, 0.25) is 14.5 Å². The fourth-order valence-electron chi connectivity index (χ4n) is 5.47. The van der Waals surface area contributed by atoms with Gasteiger partial charge in [-0.05, 0) is 93.0 Å². The molecule has 480 valence electrons. The van der Waals surface area contributed by atoms with E-state index >= 15 is 0 Å². The first-order valence-corrected chi connectivity index (χ1v) is 26.9. The number of aromatic nitrogens is 8. The number of imidazole rings is 4. The number of methoxy groups -OCH3 is 2. The molecule has 4 rings (SSSR count). The fourth-order valence-corrected chi connectivity index (χ4v) is 5.53. The molecule has 0 amide bonds. The third kappa shape index (κ3) is 66.9. The van der Waals surface area contributed by atoms with Crippen molar-refractivity contribution in [3.05, 3.63) is 97.2 Å². The number of nitrogens with zero attached hydrogens (tertiary/aromatic N) is 5. The zero-order chi connectivity index (χ0) is 60.1. The predicted molar refractivity (Wildman–Crippen MR) is 337 cm³/mol. The van der Waals surface area contributed by atoms with Crippen molar-refractivity contribution in [2.45, 2.75) is 121 Å². The zero-order valence-electron chi connectivity index (χ0n) is 47.9. The quantitative estimate of drug-likeness (QED) is 0.0150. The van der Waals surface area contributed by atoms with Crippen LogP contribution >= 0.6 is 57.8 Å². The van der Waals surface area contributed by atoms with Crippen LogP contribution in [0, 0.1) is 11.8 Å². The van der Waals surface area contributed by atoms with E-state index in [9.17, 15) is 38.0 Å². The van der Waals surface area contributed by atoms with E-state index in [0.29, 0.717) is 25.0 Å². The van der Waals surface area contributed by atoms with Crippen molar-refractivity contribution in [1.82, 2.24) is 44.8 Å². The molecule has 31 heteroatoms. The maximum absolute atomic E-state index is 11.7. The number of esters is 2. The molecule has 0 saturated heterocycles. The number of ketones is 2. The summed E-state index contributed by atoms with van der Waals surface area (Å²) < 4.78 is 33.7. The SMILES string of the molecule is C.C.C.CCCC(CC(=O)/C=C/c1cnc[nH]1)C(=O)O.CCCC(CC(=O)/C=C/c1cnc[nH]1)C(=O)OC.CCCC(N)C(=O)OC.CCN(CC)CC.Cl.Cl.O=C(Cl)/C=C/c1cnc[nH]1.O=C(O)/C=C/c1cnc[nH]1.O=S(Cl)Cl.[2H]CF.[K+].[OH-]. The van der Waals surface area contributed by atoms with Crippen LogP contribution in [0.2, 0.25) is 0 Å². The Bertz CT molecular complexity index is 2250. The molecule has 4 aromatic rings. The van der Waals surface area contributed by atoms with E-state index < -0.39 is 45.5 Å². The molecule has 0 bridgehead atoms. The number of rotatable bonds is 24. The Morgan fingerprint density at radius 2 is 0.940 bits per heavy atom. The number of carboxylic acid groups (broad SMARTS) is 2. The Morgan fingerprint density at radius 1 is 0.643 bits per heavy atom. The van der Waals surface area contributed by atoms with Crippen LogP contribution in [0.5, 0.6) is 0 Å². The first kappa shape index (κ1) is 102. The van der Waals surface area contributed by atoms with E-state index in [0.717, 1.165) is 42.4 Å². The minimum Gasteiger partial charge on any atom is -0.870 e. The summed E-state index contributed by atoms with van der Waals surface area (Å²) >= 11 is 5.03. The number of H-pyrrole nitrogens is 4. The van der Waals surface area contributed by atoms with E-state index in [2.05, 4.69) is 96.4 Å². The molecule has 3 unspecified atom stereocenters. The monoisotopic (exact) mass is 1340 g/mol. The van der Waals surface area contributed by atoms with Crippen LogP contribution in [0.1, 0.15) is 139 Å². The number of nitrogens with one attached hydrogen (secondary N) is 4. The third-order valence-electron chi connectivity index (χ3n) is 9.27. The number of halogens is 6. The standard InChI is InChI=1S/C13H18N2O3.C12H16N2O3.C6H5ClN2O.C6H6N2O2.C6H13NO2.C6H15N.CH3F.3CH4.Cl2OS.2ClH.K.H2O/c1-3-4-10(13(17)18-2)7-12(16)6-5-11-8-14-9-15-11;1-2-3-9(12(16)17)6-11(15)5-4-10-7-13-8-14-10;7-6(10)2-1-5-3-8-4-9-5;9-6(10)2-1-5-3-7-4-8-5;1-3-4-5(7)6(8)9-2;1-4-7(5-2)6-3;1-2;;;;1-4(2)3;;;;/h5-6,8-10H,3-4,7H2,1-2H3,(H,14,15);4-5,7-9H,2-3,6H2,1H3,(H,13,14)(H,16,17);1-4H,(H,8,9);1-4H,(H,7,8)(H,9,10);5H,3-4,7H2,1-2H3;4-6H2,1-3H3;1H3;3*1H4;;2*1H;;1H2/q;;;;;;;;;;;;;+1;/p-1/b6-5+;5-4+;2*2-1+;;;;;;;;;;;/i;;;;;;1D;;;;;;;;. The molecule has 4 heterocycles. The second kappa shape index (κ2) is 73.0. The van der Waals surface area contributed by atoms with Crippen molar-refractivity contribution in [2.24, 2.45) is 17.6 Å². The summed E-state index contributed by atoms with van der Waals surface area (Å²) in [5.74, 6) is -3.71. The minimum atomic E-state index is -1.67. The molecule has 23 nitrogen and oxygen atoms in total. The molecule has 9 N–H and O–H groups in total. The predicted octanol–water partition coefficient (Wildman–Crippen LogP) is 8.39. The number of nitrogens with two attached hydrogens (primary N) is 1. The fraction of sp³-hybridized carbons (Fsp3) is 0.491. The van der Waals surface area contributed by atoms with Gasteiger partial charge >= 0.3 is 75.3 Å². The molecule has 0 radical (unpaired) electrons. The second-order valence-corrected chi connectivity index (χ2v) is 17.8. The van der Waals surface area contributed by atoms with Crippen molar-refractivity contribution in [1.29, 1.82) is 0 Å². The van der Waals surface area contributed by atoms with Gasteiger partial charge in [-0.2, -0.15) is 0 Å². The van der Waals surface area contributed by atoms with Gasteiger partial charge in [-0.3, -0.25) is 33.2 Å². The topological polar surface area (TPSA) is 369 Å². The number of ether oxygens (including phenoxy) is 2. The van der Waals surface area contributed by atoms with Crippen LogP contribution in [-0.4, -0.2) is 152 Å². The average Bonchev–Trinajstić information content (AvgIpc) is 4.28. The van der Waals surface area contributed by atoms with Crippen LogP contribution in [0.4, 0.5) is 4.39 Å². The molecule has 0 spiro atoms. The van der Waals surface area contributed by atoms with Gasteiger partial charge in [0.25, 0.3) is 0 Å². The summed E-state index contributed by atoms with van der Waals surface area (Å²) in [7, 11) is 9.05. The minimum absolute atomic E-state index is 0. The molecular weight excluding hydrogens is 1250 g/mol. The average molecular weight is 1340 g/mol. The maximum Gasteiger partial charge on any atom is 1.00 e. The van der Waals surface area contributed by atoms with Crippen LogP contribution in [0.25, 0.3) is 24.3 Å². The number of allylic oxidation sites excluding steroid dienone is 3. The van der Waals surface area contributed by atoms with Crippen LogP contribution in [-0.2, 0) is 52.3 Å². The number of carboxylic acids is 2. The molecule has 84 heavy (non-hydrogen) atoms. The van der Waals surface area contributed by atoms with E-state index in [1.54, 1.807) is 49.3 Å². The molecule has 0 aliphatic rings. The first-order valence-electron chi connectivity index (χ1n) is 24.4. The number of carbonyl (C=O) groups excluding carboxylic acids is 5. The molecular formula is C53H91Cl5FKN10O13S. The Hall–Kier alpha value is -4.26. The van der Waals surface area contributed by atoms with Crippen molar-refractivity contribution in [3.63, 3.8) is 0 Å². The van der Waals surface area contributed by atoms with E-state index in [-0.39, 0.29) is 146 Å². The number of alkyl halides is 1. The first-order chi connectivity index (χ1) is 37.1. The van der Waals surface area contributed by atoms with Crippen LogP contribution in [0.15, 0.2) is 74.4 Å². The number of hydrogen-bond acceptors (Lipinski definition) is 17. The Morgan fingerprint density at radius 3 is 1.18 bits per heavy atom. The van der Waals surface area contributed by atoms with Gasteiger partial charge in [0.1, 0.15) is 6.04 Å². The van der Waals surface area contributed by atoms with Gasteiger partial charge in [-0.15, -0.1) is 24.8 Å². The van der Waals surface area contributed by atoms with Gasteiger partial charge < -0.3 is 55.7 Å². The summed E-state index contributed by atoms with van der Waals surface area (Å²) in [5.41, 5.74) is 8.29. The maximum atomic E-state index is 11.7. The molecule has 0 fully saturated rings. The van der Waals surface area contributed by atoms with E-state index in [1.165, 1.54) is 77.1 Å². The Balaban J connectivity index is -0.0000000846. The summed E-state index contributed by atoms with van der Waals surface area (Å²) in [5, 5.41) is 16.6. The molecule has 3 atom stereocenters. The van der Waals surface area contributed by atoms with Gasteiger partial charge in [0, 0.05) is 40.3 Å². The van der Waals surface area contributed by atoms with Gasteiger partial charge in [0.05, 0.1) is 107 Å². The number of aliphatic carboxylic acids is 2.